The molecule has 0 aliphatic carbocycles. The molecule has 0 aliphatic rings. The number of aromatic hydroxyl groups is 1. The van der Waals surface area contributed by atoms with Gasteiger partial charge in [0.25, 0.3) is 10.0 Å². The first kappa shape index (κ1) is 14.4. The van der Waals surface area contributed by atoms with Crippen molar-refractivity contribution < 1.29 is 23.4 Å². The first-order valence-electron chi connectivity index (χ1n) is 5.43. The summed E-state index contributed by atoms with van der Waals surface area (Å²) in [5, 5.41) is 19.6. The van der Waals surface area contributed by atoms with Gasteiger partial charge in [0.15, 0.2) is 0 Å². The van der Waals surface area contributed by atoms with E-state index in [2.05, 4.69) is 0 Å². The summed E-state index contributed by atoms with van der Waals surface area (Å²) in [5.41, 5.74) is 0.324. The van der Waals surface area contributed by atoms with Gasteiger partial charge in [0.1, 0.15) is 15.5 Å². The minimum Gasteiger partial charge on any atom is -0.508 e. The van der Waals surface area contributed by atoms with Gasteiger partial charge in [-0.3, -0.25) is 4.31 Å². The number of thiophene rings is 1. The highest BCUT2D eigenvalue weighted by atomic mass is 32.2. The van der Waals surface area contributed by atoms with E-state index < -0.39 is 16.0 Å². The lowest BCUT2D eigenvalue weighted by Crippen LogP contribution is -2.27. The van der Waals surface area contributed by atoms with Crippen LogP contribution in [0.3, 0.4) is 0 Å². The Labute approximate surface area is 119 Å². The molecule has 6 nitrogen and oxygen atoms in total. The van der Waals surface area contributed by atoms with E-state index in [1.54, 1.807) is 0 Å². The zero-order valence-electron chi connectivity index (χ0n) is 10.3. The molecular formula is C12H11NO5S2. The summed E-state index contributed by atoms with van der Waals surface area (Å²) in [6.07, 6.45) is 0. The molecule has 1 heterocycles. The van der Waals surface area contributed by atoms with Crippen LogP contribution >= 0.6 is 11.3 Å². The Bertz CT molecular complexity index is 733. The molecule has 1 aromatic carbocycles. The molecule has 1 aromatic heterocycles. The Morgan fingerprint density at radius 2 is 1.80 bits per heavy atom. The minimum absolute atomic E-state index is 0.0151. The van der Waals surface area contributed by atoms with Crippen LogP contribution < -0.4 is 4.31 Å². The molecule has 106 valence electrons. The van der Waals surface area contributed by atoms with Crippen LogP contribution in [-0.4, -0.2) is 31.6 Å². The van der Waals surface area contributed by atoms with Crippen molar-refractivity contribution >= 4 is 33.0 Å². The summed E-state index contributed by atoms with van der Waals surface area (Å²) in [7, 11) is -2.63. The summed E-state index contributed by atoms with van der Waals surface area (Å²) in [6, 6.07) is 6.83. The van der Waals surface area contributed by atoms with Crippen molar-refractivity contribution in [1.29, 1.82) is 0 Å². The zero-order chi connectivity index (χ0) is 14.9. The fourth-order valence-corrected chi connectivity index (χ4v) is 4.03. The van der Waals surface area contributed by atoms with E-state index in [1.807, 2.05) is 0 Å². The van der Waals surface area contributed by atoms with Crippen LogP contribution in [-0.2, 0) is 10.0 Å². The number of carboxylic acid groups (broad SMARTS) is 1. The molecule has 0 radical (unpaired) electrons. The fraction of sp³-hybridized carbons (Fsp3) is 0.0833. The van der Waals surface area contributed by atoms with Crippen molar-refractivity contribution in [3.8, 4) is 5.75 Å². The third-order valence-electron chi connectivity index (χ3n) is 2.68. The fourth-order valence-electron chi connectivity index (χ4n) is 1.61. The number of phenolic OH excluding ortho intramolecular Hbond substituents is 1. The highest BCUT2D eigenvalue weighted by molar-refractivity contribution is 7.93. The highest BCUT2D eigenvalue weighted by Crippen LogP contribution is 2.28. The molecule has 2 aromatic rings. The van der Waals surface area contributed by atoms with E-state index in [0.29, 0.717) is 5.69 Å². The monoisotopic (exact) mass is 313 g/mol. The minimum atomic E-state index is -3.96. The van der Waals surface area contributed by atoms with Crippen LogP contribution in [0.1, 0.15) is 9.67 Å². The zero-order valence-corrected chi connectivity index (χ0v) is 12.0. The lowest BCUT2D eigenvalue weighted by Gasteiger charge is -2.19. The average molecular weight is 313 g/mol. The van der Waals surface area contributed by atoms with Gasteiger partial charge in [-0.05, 0) is 35.7 Å². The number of aromatic carboxylic acids is 1. The number of nitrogens with zero attached hydrogens (tertiary/aromatic N) is 1. The quantitative estimate of drug-likeness (QED) is 0.900. The Balaban J connectivity index is 2.47. The van der Waals surface area contributed by atoms with Crippen molar-refractivity contribution in [2.45, 2.75) is 4.90 Å². The van der Waals surface area contributed by atoms with Crippen LogP contribution in [0.25, 0.3) is 0 Å². The van der Waals surface area contributed by atoms with Crippen LogP contribution in [0.2, 0.25) is 0 Å². The van der Waals surface area contributed by atoms with E-state index in [9.17, 15) is 18.3 Å². The lowest BCUT2D eigenvalue weighted by molar-refractivity contribution is 0.0698. The van der Waals surface area contributed by atoms with Gasteiger partial charge in [-0.2, -0.15) is 0 Å². The molecule has 0 unspecified atom stereocenters. The maximum Gasteiger partial charge on any atom is 0.347 e. The predicted molar refractivity (Wildman–Crippen MR) is 75.0 cm³/mol. The molecule has 0 spiro atoms. The van der Waals surface area contributed by atoms with Crippen molar-refractivity contribution in [3.63, 3.8) is 0 Å². The molecule has 0 aliphatic heterocycles. The maximum absolute atomic E-state index is 12.4. The smallest absolute Gasteiger partial charge is 0.347 e. The molecular weight excluding hydrogens is 302 g/mol. The summed E-state index contributed by atoms with van der Waals surface area (Å²) in [4.78, 5) is 10.6. The summed E-state index contributed by atoms with van der Waals surface area (Å²) >= 11 is 0.854. The van der Waals surface area contributed by atoms with Crippen LogP contribution in [0.4, 0.5) is 5.69 Å². The third kappa shape index (κ3) is 2.47. The van der Waals surface area contributed by atoms with Crippen LogP contribution in [0.15, 0.2) is 40.6 Å². The topological polar surface area (TPSA) is 94.9 Å². The Kier molecular flexibility index (Phi) is 3.69. The average Bonchev–Trinajstić information content (AvgIpc) is 2.89. The summed E-state index contributed by atoms with van der Waals surface area (Å²) in [6.45, 7) is 0. The van der Waals surface area contributed by atoms with Gasteiger partial charge in [0.05, 0.1) is 5.69 Å². The molecule has 0 fully saturated rings. The molecule has 0 atom stereocenters. The molecule has 0 saturated carbocycles. The largest absolute Gasteiger partial charge is 0.508 e. The number of hydrogen-bond donors (Lipinski definition) is 2. The number of carboxylic acids is 1. The van der Waals surface area contributed by atoms with E-state index in [0.717, 1.165) is 15.6 Å². The van der Waals surface area contributed by atoms with Gasteiger partial charge in [0, 0.05) is 7.05 Å². The number of phenols is 1. The Hall–Kier alpha value is -2.06. The summed E-state index contributed by atoms with van der Waals surface area (Å²) < 4.78 is 25.8. The molecule has 0 bridgehead atoms. The van der Waals surface area contributed by atoms with Gasteiger partial charge in [0.2, 0.25) is 0 Å². The highest BCUT2D eigenvalue weighted by Gasteiger charge is 2.28. The molecule has 0 saturated heterocycles. The molecule has 2 N–H and O–H groups in total. The first-order valence-corrected chi connectivity index (χ1v) is 7.75. The van der Waals surface area contributed by atoms with E-state index >= 15 is 0 Å². The number of carbonyl (C=O) groups is 1. The Morgan fingerprint density at radius 1 is 1.20 bits per heavy atom. The van der Waals surface area contributed by atoms with E-state index in [1.165, 1.54) is 42.8 Å². The van der Waals surface area contributed by atoms with Gasteiger partial charge < -0.3 is 10.2 Å². The second-order valence-electron chi connectivity index (χ2n) is 3.91. The van der Waals surface area contributed by atoms with Gasteiger partial charge in [-0.15, -0.1) is 11.3 Å². The van der Waals surface area contributed by atoms with Gasteiger partial charge in [-0.25, -0.2) is 13.2 Å². The molecule has 0 amide bonds. The number of benzene rings is 1. The number of rotatable bonds is 4. The van der Waals surface area contributed by atoms with E-state index in [4.69, 9.17) is 5.11 Å². The predicted octanol–water partition coefficient (Wildman–Crippen LogP) is 1.98. The van der Waals surface area contributed by atoms with E-state index in [-0.39, 0.29) is 15.5 Å². The second-order valence-corrected chi connectivity index (χ2v) is 6.76. The van der Waals surface area contributed by atoms with Gasteiger partial charge in [-0.1, -0.05) is 0 Å². The first-order chi connectivity index (χ1) is 9.34. The number of sulfonamides is 1. The van der Waals surface area contributed by atoms with Crippen molar-refractivity contribution in [1.82, 2.24) is 0 Å². The Morgan fingerprint density at radius 3 is 2.35 bits per heavy atom. The SMILES string of the molecule is CN(c1ccc(O)cc1)S(=O)(=O)c1ccsc1C(=O)O. The number of hydrogen-bond acceptors (Lipinski definition) is 5. The third-order valence-corrected chi connectivity index (χ3v) is 5.53. The molecule has 20 heavy (non-hydrogen) atoms. The van der Waals surface area contributed by atoms with Crippen molar-refractivity contribution in [2.75, 3.05) is 11.4 Å². The van der Waals surface area contributed by atoms with Crippen LogP contribution in [0.5, 0.6) is 5.75 Å². The standard InChI is InChI=1S/C12H11NO5S2/c1-13(8-2-4-9(14)5-3-8)20(17,18)10-6-7-19-11(10)12(15)16/h2-7,14H,1H3,(H,15,16). The second kappa shape index (κ2) is 5.14. The van der Waals surface area contributed by atoms with Crippen molar-refractivity contribution in [3.05, 3.63) is 40.6 Å². The number of anilines is 1. The summed E-state index contributed by atoms with van der Waals surface area (Å²) in [5.74, 6) is -1.26. The molecule has 2 rings (SSSR count). The lowest BCUT2D eigenvalue weighted by atomic mass is 10.3. The van der Waals surface area contributed by atoms with Gasteiger partial charge >= 0.3 is 5.97 Å². The van der Waals surface area contributed by atoms with Crippen LogP contribution in [0, 0.1) is 0 Å². The normalized spacial score (nSPS) is 11.2. The maximum atomic E-state index is 12.4. The molecule has 8 heteroatoms. The van der Waals surface area contributed by atoms with Crippen molar-refractivity contribution in [2.24, 2.45) is 0 Å².